The topological polar surface area (TPSA) is 6.48 Å². The summed E-state index contributed by atoms with van der Waals surface area (Å²) in [7, 11) is 4.05. The predicted octanol–water partition coefficient (Wildman–Crippen LogP) is 9.97. The zero-order valence-electron chi connectivity index (χ0n) is 27.9. The molecule has 0 spiro atoms. The molecule has 2 aromatic carbocycles. The Bertz CT molecular complexity index is 954. The molecule has 2 nitrogen and oxygen atoms in total. The Morgan fingerprint density at radius 1 is 0.579 bits per heavy atom. The second-order valence-corrected chi connectivity index (χ2v) is 11.9. The van der Waals surface area contributed by atoms with Crippen molar-refractivity contribution < 1.29 is 66.8 Å². The summed E-state index contributed by atoms with van der Waals surface area (Å²) in [6, 6.07) is 15.8. The first-order valence-electron chi connectivity index (χ1n) is 14.3. The van der Waals surface area contributed by atoms with E-state index in [1.54, 1.807) is 0 Å². The van der Waals surface area contributed by atoms with E-state index in [1.165, 1.54) is 22.3 Å². The van der Waals surface area contributed by atoms with Gasteiger partial charge in [0.15, 0.2) is 0 Å². The van der Waals surface area contributed by atoms with Crippen molar-refractivity contribution in [1.29, 1.82) is 0 Å². The summed E-state index contributed by atoms with van der Waals surface area (Å²) in [5, 5.41) is 0. The minimum Gasteiger partial charge on any atom is -0.545 e. The first kappa shape index (κ1) is 38.2. The van der Waals surface area contributed by atoms with Crippen LogP contribution in [0.4, 0.5) is 11.4 Å². The molecule has 2 aromatic rings. The molecule has 0 saturated heterocycles. The van der Waals surface area contributed by atoms with Crippen LogP contribution in [0.2, 0.25) is 0 Å². The first-order valence-corrected chi connectivity index (χ1v) is 13.8. The summed E-state index contributed by atoms with van der Waals surface area (Å²) in [6.07, 6.45) is 0. The molecule has 210 valence electrons. The average Bonchev–Trinajstić information content (AvgIpc) is 2.81. The Morgan fingerprint density at radius 2 is 0.947 bits per heavy atom. The Hall–Kier alpha value is 0.248. The zero-order valence-corrected chi connectivity index (χ0v) is 32.6. The molecule has 0 aliphatic heterocycles. The van der Waals surface area contributed by atoms with Crippen molar-refractivity contribution >= 4 is 11.4 Å². The zero-order chi connectivity index (χ0) is 28.6. The summed E-state index contributed by atoms with van der Waals surface area (Å²) < 4.78 is 8.11. The van der Waals surface area contributed by atoms with Crippen LogP contribution >= 0.6 is 0 Å². The van der Waals surface area contributed by atoms with Crippen molar-refractivity contribution in [2.75, 3.05) is 23.9 Å². The molecule has 2 rings (SSSR count). The number of rotatable bonds is 10. The van der Waals surface area contributed by atoms with Gasteiger partial charge in [0.25, 0.3) is 0 Å². The molecular formula is C34H54N2Y2-4. The van der Waals surface area contributed by atoms with Crippen LogP contribution in [-0.4, -0.2) is 14.1 Å². The molecule has 0 N–H and O–H groups in total. The van der Waals surface area contributed by atoms with Crippen LogP contribution in [0.1, 0.15) is 130 Å². The molecule has 0 unspecified atom stereocenters. The number of nitrogens with zero attached hydrogens (tertiary/aromatic N) is 2. The maximum absolute atomic E-state index is 8.11. The van der Waals surface area contributed by atoms with Gasteiger partial charge in [-0.05, 0) is 25.9 Å². The number of anilines is 2. The van der Waals surface area contributed by atoms with Crippen molar-refractivity contribution in [3.05, 3.63) is 71.7 Å². The third kappa shape index (κ3) is 13.3. The fourth-order valence-corrected chi connectivity index (χ4v) is 4.37. The fourth-order valence-electron chi connectivity index (χ4n) is 4.37. The van der Waals surface area contributed by atoms with Crippen LogP contribution in [0.5, 0.6) is 0 Å². The number of hydrogen-bond donors (Lipinski definition) is 0. The Morgan fingerprint density at radius 3 is 1.24 bits per heavy atom. The van der Waals surface area contributed by atoms with Crippen molar-refractivity contribution in [3.63, 3.8) is 0 Å². The SMILES string of the molecule is CC(C)[CH-]N(C)c1[c-]c(C(C)C)c(C(C)C)cc1.[2H][C-](C(C)C)N(C)c1[c-]c(C(C)C)c(C(C)C)cc1.[Y].[Y]. The summed E-state index contributed by atoms with van der Waals surface area (Å²) in [5.74, 6) is 2.83. The second kappa shape index (κ2) is 19.4. The largest absolute Gasteiger partial charge is 0.545 e. The minimum atomic E-state index is 0. The van der Waals surface area contributed by atoms with E-state index in [2.05, 4.69) is 124 Å². The van der Waals surface area contributed by atoms with Gasteiger partial charge in [-0.3, -0.25) is 0 Å². The molecule has 0 fully saturated rings. The maximum atomic E-state index is 8.11. The average molecular weight is 670 g/mol. The third-order valence-corrected chi connectivity index (χ3v) is 6.10. The monoisotopic (exact) mass is 669 g/mol. The molecule has 0 atom stereocenters. The standard InChI is InChI=1S/2C17H27N.2Y/c2*1-12(2)11-18(7)15-8-9-16(13(3)4)17(10-15)14(5)6;;/h2*8-9,11-14H,1-7H3;;/q2*-2;;/i11D;;;. The molecule has 0 aromatic heterocycles. The van der Waals surface area contributed by atoms with Gasteiger partial charge in [0.2, 0.25) is 0 Å². The minimum absolute atomic E-state index is 0. The van der Waals surface area contributed by atoms with Crippen LogP contribution in [0, 0.1) is 37.0 Å². The molecule has 0 bridgehead atoms. The van der Waals surface area contributed by atoms with E-state index in [0.717, 1.165) is 11.4 Å². The van der Waals surface area contributed by atoms with Crippen LogP contribution < -0.4 is 9.80 Å². The molecule has 0 saturated carbocycles. The second-order valence-electron chi connectivity index (χ2n) is 11.9. The normalized spacial score (nSPS) is 11.6. The molecular weight excluding hydrogens is 614 g/mol. The number of benzene rings is 2. The predicted molar refractivity (Wildman–Crippen MR) is 162 cm³/mol. The van der Waals surface area contributed by atoms with Crippen LogP contribution in [0.25, 0.3) is 0 Å². The van der Waals surface area contributed by atoms with Crippen LogP contribution in [-0.2, 0) is 65.4 Å². The third-order valence-electron chi connectivity index (χ3n) is 6.10. The van der Waals surface area contributed by atoms with E-state index < -0.39 is 0 Å². The van der Waals surface area contributed by atoms with Gasteiger partial charge < -0.3 is 9.80 Å². The Balaban J connectivity index is 0. The fraction of sp³-hybridized carbons (Fsp3) is 0.588. The van der Waals surface area contributed by atoms with Crippen molar-refractivity contribution in [2.24, 2.45) is 11.8 Å². The van der Waals surface area contributed by atoms with E-state index in [4.69, 9.17) is 1.37 Å². The molecule has 0 aliphatic rings. The summed E-state index contributed by atoms with van der Waals surface area (Å²) in [4.78, 5) is 4.11. The van der Waals surface area contributed by atoms with E-state index in [9.17, 15) is 0 Å². The molecule has 38 heavy (non-hydrogen) atoms. The van der Waals surface area contributed by atoms with Crippen molar-refractivity contribution in [2.45, 2.75) is 107 Å². The van der Waals surface area contributed by atoms with Gasteiger partial charge in [-0.1, -0.05) is 94.9 Å². The molecule has 2 radical (unpaired) electrons. The quantitative estimate of drug-likeness (QED) is 0.233. The van der Waals surface area contributed by atoms with Crippen LogP contribution in [0.3, 0.4) is 0 Å². The smallest absolute Gasteiger partial charge is 0 e. The summed E-state index contributed by atoms with van der Waals surface area (Å²) in [6.45, 7) is 29.2. The molecule has 0 heterocycles. The van der Waals surface area contributed by atoms with E-state index >= 15 is 0 Å². The summed E-state index contributed by atoms with van der Waals surface area (Å²) >= 11 is 0. The van der Waals surface area contributed by atoms with Gasteiger partial charge in [0.1, 0.15) is 0 Å². The van der Waals surface area contributed by atoms with E-state index in [-0.39, 0.29) is 71.3 Å². The molecule has 0 aliphatic carbocycles. The van der Waals surface area contributed by atoms with Gasteiger partial charge in [-0.25, -0.2) is 13.1 Å². The van der Waals surface area contributed by atoms with Gasteiger partial charge in [0, 0.05) is 65.4 Å². The number of hydrogen-bond acceptors (Lipinski definition) is 2. The van der Waals surface area contributed by atoms with E-state index in [1.807, 2.05) is 25.8 Å². The first-order chi connectivity index (χ1) is 17.1. The molecule has 0 amide bonds. The Kier molecular flexibility index (Phi) is 19.5. The molecule has 4 heteroatoms. The Labute approximate surface area is 289 Å². The van der Waals surface area contributed by atoms with Crippen molar-refractivity contribution in [3.8, 4) is 0 Å². The van der Waals surface area contributed by atoms with Crippen molar-refractivity contribution in [1.82, 2.24) is 0 Å². The van der Waals surface area contributed by atoms with Crippen LogP contribution in [0.15, 0.2) is 24.3 Å². The van der Waals surface area contributed by atoms with Gasteiger partial charge in [-0.15, -0.1) is 22.5 Å². The summed E-state index contributed by atoms with van der Waals surface area (Å²) in [5.41, 5.74) is 7.57. The maximum Gasteiger partial charge on any atom is 0 e. The van der Waals surface area contributed by atoms with Gasteiger partial charge in [0.05, 0.1) is 0 Å². The van der Waals surface area contributed by atoms with Gasteiger partial charge >= 0.3 is 0 Å². The van der Waals surface area contributed by atoms with E-state index in [0.29, 0.717) is 36.1 Å². The van der Waals surface area contributed by atoms with Gasteiger partial charge in [-0.2, -0.15) is 60.7 Å².